The molecule has 0 saturated carbocycles. The second-order valence-electron chi connectivity index (χ2n) is 3.37. The van der Waals surface area contributed by atoms with Gasteiger partial charge in [-0.1, -0.05) is 6.07 Å². The molecule has 2 N–H and O–H groups in total. The van der Waals surface area contributed by atoms with Crippen molar-refractivity contribution in [1.82, 2.24) is 0 Å². The van der Waals surface area contributed by atoms with Crippen LogP contribution >= 0.6 is 0 Å². The molecule has 0 radical (unpaired) electrons. The maximum Gasteiger partial charge on any atom is 0.379 e. The smallest absolute Gasteiger partial charge is 0.379 e. The first-order valence-corrected chi connectivity index (χ1v) is 4.63. The number of cyclic esters (lactones) is 1. The van der Waals surface area contributed by atoms with Gasteiger partial charge in [0.05, 0.1) is 11.1 Å². The Morgan fingerprint density at radius 2 is 2.06 bits per heavy atom. The third kappa shape index (κ3) is 1.73. The number of hydrogen-bond acceptors (Lipinski definition) is 5. The van der Waals surface area contributed by atoms with E-state index >= 15 is 0 Å². The van der Waals surface area contributed by atoms with E-state index in [1.165, 1.54) is 12.1 Å². The fourth-order valence-corrected chi connectivity index (χ4v) is 1.44. The van der Waals surface area contributed by atoms with E-state index in [-0.39, 0.29) is 17.7 Å². The number of ether oxygens (including phenoxy) is 1. The molecular weight excluding hydrogens is 231 g/mol. The van der Waals surface area contributed by atoms with E-state index in [4.69, 9.17) is 0 Å². The highest BCUT2D eigenvalue weighted by atomic mass is 19.1. The second kappa shape index (κ2) is 3.89. The van der Waals surface area contributed by atoms with Crippen LogP contribution in [0.25, 0.3) is 5.76 Å². The number of aliphatic hydroxyl groups excluding tert-OH is 1. The molecule has 2 rings (SSSR count). The maximum atomic E-state index is 13.0. The van der Waals surface area contributed by atoms with Gasteiger partial charge in [-0.2, -0.15) is 0 Å². The summed E-state index contributed by atoms with van der Waals surface area (Å²) in [5, 5.41) is 19.1. The zero-order valence-electron chi connectivity index (χ0n) is 8.44. The van der Waals surface area contributed by atoms with Gasteiger partial charge in [-0.15, -0.1) is 0 Å². The molecule has 1 aromatic carbocycles. The van der Waals surface area contributed by atoms with Crippen LogP contribution in [0.3, 0.4) is 0 Å². The number of benzene rings is 1. The topological polar surface area (TPSA) is 83.8 Å². The number of carbonyl (C=O) groups excluding carboxylic acids is 2. The minimum atomic E-state index is -1.08. The zero-order chi connectivity index (χ0) is 12.6. The third-order valence-electron chi connectivity index (χ3n) is 2.33. The fourth-order valence-electron chi connectivity index (χ4n) is 1.44. The number of halogens is 1. The van der Waals surface area contributed by atoms with Crippen LogP contribution in [0.5, 0.6) is 5.75 Å². The van der Waals surface area contributed by atoms with Gasteiger partial charge in [0.2, 0.25) is 0 Å². The Balaban J connectivity index is 2.54. The molecule has 1 aliphatic heterocycles. The van der Waals surface area contributed by atoms with Crippen molar-refractivity contribution in [1.29, 1.82) is 0 Å². The Morgan fingerprint density at radius 3 is 2.65 bits per heavy atom. The molecule has 0 unspecified atom stereocenters. The van der Waals surface area contributed by atoms with Crippen LogP contribution in [0.15, 0.2) is 23.8 Å². The van der Waals surface area contributed by atoms with Crippen LogP contribution in [0, 0.1) is 5.82 Å². The molecule has 0 atom stereocenters. The van der Waals surface area contributed by atoms with E-state index in [0.29, 0.717) is 0 Å². The Kier molecular flexibility index (Phi) is 2.55. The van der Waals surface area contributed by atoms with Crippen molar-refractivity contribution >= 4 is 17.5 Å². The number of aliphatic hydroxyl groups is 1. The predicted molar refractivity (Wildman–Crippen MR) is 53.6 cm³/mol. The molecule has 1 aliphatic rings. The normalized spacial score (nSPS) is 18.2. The number of para-hydroxylation sites is 1. The van der Waals surface area contributed by atoms with Crippen LogP contribution in [-0.4, -0.2) is 28.6 Å². The van der Waals surface area contributed by atoms with Crippen molar-refractivity contribution in [2.45, 2.75) is 0 Å². The number of hydrogen-bond donors (Lipinski definition) is 2. The van der Waals surface area contributed by atoms with Gasteiger partial charge in [0.15, 0.2) is 11.6 Å². The van der Waals surface area contributed by atoms with Crippen LogP contribution in [0.4, 0.5) is 4.39 Å². The van der Waals surface area contributed by atoms with Crippen molar-refractivity contribution in [2.75, 3.05) is 6.61 Å². The van der Waals surface area contributed by atoms with Gasteiger partial charge in [-0.05, 0) is 12.1 Å². The molecule has 0 bridgehead atoms. The largest absolute Gasteiger partial charge is 0.507 e. The Bertz CT molecular complexity index is 547. The summed E-state index contributed by atoms with van der Waals surface area (Å²) in [6, 6.07) is 3.47. The van der Waals surface area contributed by atoms with E-state index in [1.54, 1.807) is 0 Å². The minimum absolute atomic E-state index is 0.258. The van der Waals surface area contributed by atoms with Crippen molar-refractivity contribution < 1.29 is 28.9 Å². The number of phenols is 1. The predicted octanol–water partition coefficient (Wildman–Crippen LogP) is 0.926. The molecule has 0 aromatic heterocycles. The summed E-state index contributed by atoms with van der Waals surface area (Å²) >= 11 is 0. The van der Waals surface area contributed by atoms with E-state index < -0.39 is 29.1 Å². The van der Waals surface area contributed by atoms with Crippen LogP contribution in [0.2, 0.25) is 0 Å². The molecule has 1 heterocycles. The van der Waals surface area contributed by atoms with Crippen LogP contribution in [-0.2, 0) is 14.3 Å². The van der Waals surface area contributed by atoms with Gasteiger partial charge < -0.3 is 14.9 Å². The molecule has 88 valence electrons. The highest BCUT2D eigenvalue weighted by molar-refractivity contribution is 6.43. The van der Waals surface area contributed by atoms with Crippen LogP contribution < -0.4 is 0 Å². The van der Waals surface area contributed by atoms with Gasteiger partial charge in [0, 0.05) is 0 Å². The van der Waals surface area contributed by atoms with Gasteiger partial charge >= 0.3 is 5.97 Å². The lowest BCUT2D eigenvalue weighted by Crippen LogP contribution is -2.08. The summed E-state index contributed by atoms with van der Waals surface area (Å²) in [6.45, 7) is -0.389. The molecule has 1 aromatic rings. The van der Waals surface area contributed by atoms with Gasteiger partial charge in [-0.25, -0.2) is 9.18 Å². The first-order valence-electron chi connectivity index (χ1n) is 4.63. The monoisotopic (exact) mass is 238 g/mol. The number of phenolic OH excluding ortho intramolecular Hbond substituents is 1. The lowest BCUT2D eigenvalue weighted by Gasteiger charge is -2.05. The summed E-state index contributed by atoms with van der Waals surface area (Å²) < 4.78 is 17.4. The highest BCUT2D eigenvalue weighted by Crippen LogP contribution is 2.29. The number of carbonyl (C=O) groups is 2. The second-order valence-corrected chi connectivity index (χ2v) is 3.37. The van der Waals surface area contributed by atoms with E-state index in [2.05, 4.69) is 4.74 Å². The lowest BCUT2D eigenvalue weighted by atomic mass is 10.1. The first kappa shape index (κ1) is 11.1. The molecule has 1 fully saturated rings. The van der Waals surface area contributed by atoms with Crippen LogP contribution in [0.1, 0.15) is 5.56 Å². The summed E-state index contributed by atoms with van der Waals surface area (Å²) in [4.78, 5) is 22.1. The lowest BCUT2D eigenvalue weighted by molar-refractivity contribution is -0.146. The summed E-state index contributed by atoms with van der Waals surface area (Å²) in [5.74, 6) is -4.46. The number of aromatic hydroxyl groups is 1. The number of rotatable bonds is 1. The molecular formula is C11H7FO5. The Hall–Kier alpha value is -2.37. The van der Waals surface area contributed by atoms with Gasteiger partial charge in [-0.3, -0.25) is 4.79 Å². The van der Waals surface area contributed by atoms with E-state index in [9.17, 15) is 24.2 Å². The summed E-state index contributed by atoms with van der Waals surface area (Å²) in [5.41, 5.74) is -0.553. The first-order chi connectivity index (χ1) is 8.02. The fraction of sp³-hybridized carbons (Fsp3) is 0.0909. The average Bonchev–Trinajstić information content (AvgIpc) is 2.63. The molecule has 5 nitrogen and oxygen atoms in total. The number of ketones is 1. The Labute approximate surface area is 94.8 Å². The Morgan fingerprint density at radius 1 is 1.35 bits per heavy atom. The molecule has 0 aliphatic carbocycles. The number of esters is 1. The minimum Gasteiger partial charge on any atom is -0.507 e. The zero-order valence-corrected chi connectivity index (χ0v) is 8.44. The standard InChI is InChI=1S/C11H7FO5/c12-7-3-1-2-5(9(7)14)8(13)6-4-17-11(16)10(6)15/h1-3,13-14H,4H2. The third-order valence-corrected chi connectivity index (χ3v) is 2.33. The molecule has 6 heteroatoms. The molecule has 0 amide bonds. The van der Waals surface area contributed by atoms with Crippen molar-refractivity contribution in [3.05, 3.63) is 35.2 Å². The quantitative estimate of drug-likeness (QED) is 0.329. The van der Waals surface area contributed by atoms with Crippen molar-refractivity contribution in [3.63, 3.8) is 0 Å². The van der Waals surface area contributed by atoms with E-state index in [1.807, 2.05) is 0 Å². The molecule has 17 heavy (non-hydrogen) atoms. The highest BCUT2D eigenvalue weighted by Gasteiger charge is 2.33. The van der Waals surface area contributed by atoms with Crippen molar-refractivity contribution in [2.24, 2.45) is 0 Å². The maximum absolute atomic E-state index is 13.0. The number of Topliss-reactive ketones (excluding diaryl/α,β-unsaturated/α-hetero) is 1. The van der Waals surface area contributed by atoms with Gasteiger partial charge in [0.1, 0.15) is 12.4 Å². The van der Waals surface area contributed by atoms with Gasteiger partial charge in [0.25, 0.3) is 5.78 Å². The van der Waals surface area contributed by atoms with E-state index in [0.717, 1.165) is 6.07 Å². The molecule has 0 spiro atoms. The average molecular weight is 238 g/mol. The summed E-state index contributed by atoms with van der Waals surface area (Å²) in [7, 11) is 0. The molecule has 1 saturated heterocycles. The summed E-state index contributed by atoms with van der Waals surface area (Å²) in [6.07, 6.45) is 0. The van der Waals surface area contributed by atoms with Crippen molar-refractivity contribution in [3.8, 4) is 5.75 Å². The SMILES string of the molecule is O=C1OCC(=C(O)c2cccc(F)c2O)C1=O.